The molecule has 0 spiro atoms. The maximum atomic E-state index is 4.33. The van der Waals surface area contributed by atoms with Gasteiger partial charge >= 0.3 is 0 Å². The number of fused-ring (bicyclic) bond motifs is 1. The van der Waals surface area contributed by atoms with Crippen LogP contribution in [0.2, 0.25) is 0 Å². The number of hydrogen-bond donors (Lipinski definition) is 0. The molecule has 3 heterocycles. The van der Waals surface area contributed by atoms with Gasteiger partial charge in [0.15, 0.2) is 5.65 Å². The third-order valence-corrected chi connectivity index (χ3v) is 4.21. The number of rotatable bonds is 3. The maximum absolute atomic E-state index is 4.33. The highest BCUT2D eigenvalue weighted by Gasteiger charge is 2.05. The molecular weight excluding hydrogens is 280 g/mol. The van der Waals surface area contributed by atoms with Crippen molar-refractivity contribution < 1.29 is 0 Å². The molecule has 0 aliphatic carbocycles. The summed E-state index contributed by atoms with van der Waals surface area (Å²) in [7, 11) is 0. The summed E-state index contributed by atoms with van der Waals surface area (Å²) in [6, 6.07) is 12.5. The van der Waals surface area contributed by atoms with Gasteiger partial charge < -0.3 is 0 Å². The Morgan fingerprint density at radius 3 is 2.62 bits per heavy atom. The smallest absolute Gasteiger partial charge is 0.155 e. The van der Waals surface area contributed by atoms with E-state index >= 15 is 0 Å². The molecule has 0 bridgehead atoms. The molecule has 4 aromatic rings. The van der Waals surface area contributed by atoms with Gasteiger partial charge in [-0.05, 0) is 11.6 Å². The molecule has 21 heavy (non-hydrogen) atoms. The average molecular weight is 292 g/mol. The highest BCUT2D eigenvalue weighted by Crippen LogP contribution is 2.22. The van der Waals surface area contributed by atoms with E-state index < -0.39 is 0 Å². The van der Waals surface area contributed by atoms with Crippen molar-refractivity contribution >= 4 is 17.0 Å². The molecule has 0 unspecified atom stereocenters. The fraction of sp³-hybridized carbons (Fsp3) is 0.0625. The predicted octanol–water partition coefficient (Wildman–Crippen LogP) is 3.44. The number of nitrogens with zero attached hydrogens (tertiary/aromatic N) is 4. The molecule has 0 atom stereocenters. The fourth-order valence-electron chi connectivity index (χ4n) is 2.36. The zero-order chi connectivity index (χ0) is 14.1. The molecule has 0 aliphatic heterocycles. The van der Waals surface area contributed by atoms with Crippen LogP contribution in [0.15, 0.2) is 60.4 Å². The van der Waals surface area contributed by atoms with Gasteiger partial charge in [-0.2, -0.15) is 5.10 Å². The Balaban J connectivity index is 1.64. The van der Waals surface area contributed by atoms with Crippen LogP contribution in [-0.4, -0.2) is 19.6 Å². The summed E-state index contributed by atoms with van der Waals surface area (Å²) in [5.41, 5.74) is 4.42. The monoisotopic (exact) mass is 292 g/mol. The molecule has 0 saturated heterocycles. The first-order chi connectivity index (χ1) is 10.4. The summed E-state index contributed by atoms with van der Waals surface area (Å²) in [4.78, 5) is 8.62. The third kappa shape index (κ3) is 2.32. The lowest BCUT2D eigenvalue weighted by molar-refractivity contribution is 0.862. The van der Waals surface area contributed by atoms with E-state index in [1.165, 1.54) is 5.56 Å². The Kier molecular flexibility index (Phi) is 2.97. The summed E-state index contributed by atoms with van der Waals surface area (Å²) >= 11 is 1.66. The first kappa shape index (κ1) is 12.2. The zero-order valence-corrected chi connectivity index (χ0v) is 12.0. The average Bonchev–Trinajstić information content (AvgIpc) is 3.20. The second-order valence-corrected chi connectivity index (χ2v) is 5.64. The first-order valence-electron chi connectivity index (χ1n) is 6.66. The standard InChI is InChI=1S/C16H12N4S/c1-3-13(16-18-9-10-21-16)4-2-12(1)11-14-5-7-17-15-6-8-19-20(14)15/h1-10H,11H2. The van der Waals surface area contributed by atoms with Crippen LogP contribution in [0.4, 0.5) is 0 Å². The van der Waals surface area contributed by atoms with Crippen LogP contribution < -0.4 is 0 Å². The van der Waals surface area contributed by atoms with Gasteiger partial charge in [0.1, 0.15) is 5.01 Å². The number of hydrogen-bond acceptors (Lipinski definition) is 4. The third-order valence-electron chi connectivity index (χ3n) is 3.39. The molecule has 1 aromatic carbocycles. The van der Waals surface area contributed by atoms with E-state index in [1.807, 2.05) is 34.4 Å². The summed E-state index contributed by atoms with van der Waals surface area (Å²) in [5.74, 6) is 0. The van der Waals surface area contributed by atoms with Crippen molar-refractivity contribution in [3.63, 3.8) is 0 Å². The Hall–Kier alpha value is -2.53. The van der Waals surface area contributed by atoms with Crippen molar-refractivity contribution in [2.45, 2.75) is 6.42 Å². The minimum atomic E-state index is 0.832. The lowest BCUT2D eigenvalue weighted by Gasteiger charge is -2.05. The van der Waals surface area contributed by atoms with Crippen molar-refractivity contribution in [2.24, 2.45) is 0 Å². The van der Waals surface area contributed by atoms with Crippen molar-refractivity contribution in [2.75, 3.05) is 0 Å². The number of benzene rings is 1. The topological polar surface area (TPSA) is 43.1 Å². The van der Waals surface area contributed by atoms with Crippen molar-refractivity contribution in [3.8, 4) is 10.6 Å². The Bertz CT molecular complexity index is 863. The van der Waals surface area contributed by atoms with Gasteiger partial charge in [-0.1, -0.05) is 24.3 Å². The maximum Gasteiger partial charge on any atom is 0.155 e. The Labute approximate surface area is 125 Å². The van der Waals surface area contributed by atoms with Gasteiger partial charge in [-0.15, -0.1) is 11.3 Å². The summed E-state index contributed by atoms with van der Waals surface area (Å²) in [5, 5.41) is 7.37. The lowest BCUT2D eigenvalue weighted by Crippen LogP contribution is -2.00. The van der Waals surface area contributed by atoms with Crippen LogP contribution in [0.1, 0.15) is 11.3 Å². The minimum Gasteiger partial charge on any atom is -0.245 e. The van der Waals surface area contributed by atoms with Crippen molar-refractivity contribution in [1.29, 1.82) is 0 Å². The largest absolute Gasteiger partial charge is 0.245 e. The van der Waals surface area contributed by atoms with Crippen LogP contribution in [-0.2, 0) is 6.42 Å². The van der Waals surface area contributed by atoms with Gasteiger partial charge in [-0.3, -0.25) is 0 Å². The minimum absolute atomic E-state index is 0.832. The first-order valence-corrected chi connectivity index (χ1v) is 7.54. The number of aromatic nitrogens is 4. The van der Waals surface area contributed by atoms with E-state index in [9.17, 15) is 0 Å². The molecule has 4 nitrogen and oxygen atoms in total. The van der Waals surface area contributed by atoms with Crippen LogP contribution >= 0.6 is 11.3 Å². The second kappa shape index (κ2) is 5.10. The van der Waals surface area contributed by atoms with Gasteiger partial charge in [0.05, 0.1) is 11.9 Å². The van der Waals surface area contributed by atoms with E-state index in [2.05, 4.69) is 39.3 Å². The molecule has 0 aliphatic rings. The van der Waals surface area contributed by atoms with E-state index in [1.54, 1.807) is 17.5 Å². The number of thiazole rings is 1. The van der Waals surface area contributed by atoms with E-state index in [0.717, 1.165) is 28.3 Å². The van der Waals surface area contributed by atoms with Crippen LogP contribution in [0.5, 0.6) is 0 Å². The fourth-order valence-corrected chi connectivity index (χ4v) is 3.00. The molecule has 0 saturated carbocycles. The van der Waals surface area contributed by atoms with Gasteiger partial charge in [0, 0.05) is 35.8 Å². The lowest BCUT2D eigenvalue weighted by atomic mass is 10.1. The van der Waals surface area contributed by atoms with Crippen LogP contribution in [0.3, 0.4) is 0 Å². The van der Waals surface area contributed by atoms with Crippen LogP contribution in [0, 0.1) is 0 Å². The van der Waals surface area contributed by atoms with E-state index in [4.69, 9.17) is 0 Å². The molecule has 0 radical (unpaired) electrons. The highest BCUT2D eigenvalue weighted by atomic mass is 32.1. The highest BCUT2D eigenvalue weighted by molar-refractivity contribution is 7.13. The Morgan fingerprint density at radius 1 is 0.905 bits per heavy atom. The summed E-state index contributed by atoms with van der Waals surface area (Å²) in [6.07, 6.45) is 6.27. The molecule has 102 valence electrons. The molecular formula is C16H12N4S. The summed E-state index contributed by atoms with van der Waals surface area (Å²) < 4.78 is 1.88. The quantitative estimate of drug-likeness (QED) is 0.581. The molecule has 5 heteroatoms. The van der Waals surface area contributed by atoms with Crippen molar-refractivity contribution in [3.05, 3.63) is 71.6 Å². The van der Waals surface area contributed by atoms with Gasteiger partial charge in [-0.25, -0.2) is 14.5 Å². The van der Waals surface area contributed by atoms with Gasteiger partial charge in [0.25, 0.3) is 0 Å². The van der Waals surface area contributed by atoms with E-state index in [0.29, 0.717) is 0 Å². The zero-order valence-electron chi connectivity index (χ0n) is 11.2. The van der Waals surface area contributed by atoms with E-state index in [-0.39, 0.29) is 0 Å². The molecule has 0 N–H and O–H groups in total. The molecule has 0 fully saturated rings. The second-order valence-electron chi connectivity index (χ2n) is 4.75. The molecule has 4 rings (SSSR count). The van der Waals surface area contributed by atoms with Crippen LogP contribution in [0.25, 0.3) is 16.2 Å². The predicted molar refractivity (Wildman–Crippen MR) is 83.3 cm³/mol. The Morgan fingerprint density at radius 2 is 1.81 bits per heavy atom. The molecule has 0 amide bonds. The van der Waals surface area contributed by atoms with Crippen molar-refractivity contribution in [1.82, 2.24) is 19.6 Å². The molecule has 3 aromatic heterocycles. The SMILES string of the molecule is c1csc(-c2ccc(Cc3ccnc4ccnn34)cc2)n1. The van der Waals surface area contributed by atoms with Gasteiger partial charge in [0.2, 0.25) is 0 Å². The normalized spacial score (nSPS) is 11.0. The summed E-state index contributed by atoms with van der Waals surface area (Å²) in [6.45, 7) is 0.